The van der Waals surface area contributed by atoms with Crippen molar-refractivity contribution in [2.24, 2.45) is 0 Å². The summed E-state index contributed by atoms with van der Waals surface area (Å²) in [5.41, 5.74) is 0. The highest BCUT2D eigenvalue weighted by Crippen LogP contribution is 2.00. The fourth-order valence-corrected chi connectivity index (χ4v) is 1.28. The number of ether oxygens (including phenoxy) is 1. The Morgan fingerprint density at radius 1 is 1.64 bits per heavy atom. The average Bonchev–Trinajstić information content (AvgIpc) is 2.53. The van der Waals surface area contributed by atoms with Crippen molar-refractivity contribution < 1.29 is 9.53 Å². The Hall–Kier alpha value is -1.32. The van der Waals surface area contributed by atoms with Crippen molar-refractivity contribution in [3.05, 3.63) is 18.2 Å². The Kier molecular flexibility index (Phi) is 4.16. The van der Waals surface area contributed by atoms with Crippen molar-refractivity contribution in [3.63, 3.8) is 0 Å². The largest absolute Gasteiger partial charge is 0.464 e. The lowest BCUT2D eigenvalue weighted by Gasteiger charge is -2.06. The molecule has 1 aromatic rings. The van der Waals surface area contributed by atoms with Gasteiger partial charge >= 0.3 is 5.97 Å². The number of rotatable bonds is 5. The molecule has 0 aliphatic heterocycles. The number of carbonyl (C=O) groups excluding carboxylic acids is 1. The second-order valence-corrected chi connectivity index (χ2v) is 3.13. The van der Waals surface area contributed by atoms with E-state index >= 15 is 0 Å². The molecule has 0 aliphatic rings. The second-order valence-electron chi connectivity index (χ2n) is 3.13. The van der Waals surface area contributed by atoms with E-state index in [0.717, 1.165) is 18.7 Å². The lowest BCUT2D eigenvalue weighted by atomic mass is 10.3. The summed E-state index contributed by atoms with van der Waals surface area (Å²) < 4.78 is 6.88. The van der Waals surface area contributed by atoms with Crippen LogP contribution >= 0.6 is 0 Å². The fourth-order valence-electron chi connectivity index (χ4n) is 1.28. The van der Waals surface area contributed by atoms with Crippen LogP contribution in [0.5, 0.6) is 0 Å². The molecule has 0 amide bonds. The molecule has 0 saturated heterocycles. The van der Waals surface area contributed by atoms with Crippen LogP contribution in [0.4, 0.5) is 0 Å². The van der Waals surface area contributed by atoms with Gasteiger partial charge in [0, 0.05) is 25.7 Å². The first kappa shape index (κ1) is 10.8. The third-order valence-corrected chi connectivity index (χ3v) is 1.91. The van der Waals surface area contributed by atoms with E-state index in [9.17, 15) is 4.79 Å². The van der Waals surface area contributed by atoms with Gasteiger partial charge in [-0.15, -0.1) is 0 Å². The molecule has 0 aromatic carbocycles. The number of aromatic nitrogens is 2. The highest BCUT2D eigenvalue weighted by atomic mass is 16.5. The van der Waals surface area contributed by atoms with Crippen molar-refractivity contribution in [2.45, 2.75) is 33.2 Å². The summed E-state index contributed by atoms with van der Waals surface area (Å²) in [6.45, 7) is 4.64. The summed E-state index contributed by atoms with van der Waals surface area (Å²) >= 11 is 0. The maximum Gasteiger partial charge on any atom is 0.302 e. The number of nitrogens with zero attached hydrogens (tertiary/aromatic N) is 2. The van der Waals surface area contributed by atoms with E-state index in [-0.39, 0.29) is 5.97 Å². The minimum atomic E-state index is -0.234. The molecule has 0 fully saturated rings. The van der Waals surface area contributed by atoms with Crippen LogP contribution in [0.25, 0.3) is 0 Å². The molecule has 1 aromatic heterocycles. The zero-order valence-electron chi connectivity index (χ0n) is 8.69. The number of esters is 1. The molecule has 0 aliphatic carbocycles. The van der Waals surface area contributed by atoms with Crippen LogP contribution in [-0.2, 0) is 22.5 Å². The molecule has 78 valence electrons. The SMILES string of the molecule is CCCc1nccn1CCOC(C)=O. The van der Waals surface area contributed by atoms with Gasteiger partial charge < -0.3 is 9.30 Å². The zero-order valence-corrected chi connectivity index (χ0v) is 8.69. The van der Waals surface area contributed by atoms with Crippen molar-refractivity contribution >= 4 is 5.97 Å². The third kappa shape index (κ3) is 3.20. The van der Waals surface area contributed by atoms with Crippen LogP contribution in [0.2, 0.25) is 0 Å². The molecule has 0 unspecified atom stereocenters. The standard InChI is InChI=1S/C10H16N2O2/c1-3-4-10-11-5-6-12(10)7-8-14-9(2)13/h5-6H,3-4,7-8H2,1-2H3. The highest BCUT2D eigenvalue weighted by Gasteiger charge is 2.01. The second kappa shape index (κ2) is 5.42. The summed E-state index contributed by atoms with van der Waals surface area (Å²) in [5.74, 6) is 0.821. The number of hydrogen-bond donors (Lipinski definition) is 0. The monoisotopic (exact) mass is 196 g/mol. The van der Waals surface area contributed by atoms with Gasteiger partial charge in [0.25, 0.3) is 0 Å². The van der Waals surface area contributed by atoms with Gasteiger partial charge in [0.2, 0.25) is 0 Å². The minimum Gasteiger partial charge on any atom is -0.464 e. The third-order valence-electron chi connectivity index (χ3n) is 1.91. The summed E-state index contributed by atoms with van der Waals surface area (Å²) in [7, 11) is 0. The first-order chi connectivity index (χ1) is 6.74. The molecule has 0 atom stereocenters. The molecule has 0 saturated carbocycles. The normalized spacial score (nSPS) is 10.1. The Bertz CT molecular complexity index is 294. The van der Waals surface area contributed by atoms with Gasteiger partial charge in [0.15, 0.2) is 0 Å². The van der Waals surface area contributed by atoms with Gasteiger partial charge in [-0.3, -0.25) is 4.79 Å². The maximum atomic E-state index is 10.5. The fraction of sp³-hybridized carbons (Fsp3) is 0.600. The molecular weight excluding hydrogens is 180 g/mol. The van der Waals surface area contributed by atoms with Gasteiger partial charge in [-0.1, -0.05) is 6.92 Å². The molecule has 0 radical (unpaired) electrons. The Labute approximate surface area is 83.9 Å². The summed E-state index contributed by atoms with van der Waals surface area (Å²) in [4.78, 5) is 14.8. The molecule has 0 N–H and O–H groups in total. The number of aryl methyl sites for hydroxylation is 1. The predicted molar refractivity (Wildman–Crippen MR) is 52.9 cm³/mol. The van der Waals surface area contributed by atoms with E-state index in [2.05, 4.69) is 11.9 Å². The number of carbonyl (C=O) groups is 1. The average molecular weight is 196 g/mol. The molecule has 4 nitrogen and oxygen atoms in total. The lowest BCUT2D eigenvalue weighted by Crippen LogP contribution is -2.10. The van der Waals surface area contributed by atoms with E-state index in [1.165, 1.54) is 6.92 Å². The predicted octanol–water partition coefficient (Wildman–Crippen LogP) is 1.40. The highest BCUT2D eigenvalue weighted by molar-refractivity contribution is 5.65. The molecular formula is C10H16N2O2. The van der Waals surface area contributed by atoms with E-state index < -0.39 is 0 Å². The molecule has 4 heteroatoms. The van der Waals surface area contributed by atoms with Crippen LogP contribution in [0.1, 0.15) is 26.1 Å². The lowest BCUT2D eigenvalue weighted by molar-refractivity contribution is -0.141. The molecule has 0 spiro atoms. The summed E-state index contributed by atoms with van der Waals surface area (Å²) in [6, 6.07) is 0. The zero-order chi connectivity index (χ0) is 10.4. The van der Waals surface area contributed by atoms with Crippen LogP contribution in [-0.4, -0.2) is 22.1 Å². The van der Waals surface area contributed by atoms with Gasteiger partial charge in [-0.2, -0.15) is 0 Å². The van der Waals surface area contributed by atoms with Gasteiger partial charge in [-0.05, 0) is 6.42 Å². The maximum absolute atomic E-state index is 10.5. The van der Waals surface area contributed by atoms with Crippen molar-refractivity contribution in [3.8, 4) is 0 Å². The van der Waals surface area contributed by atoms with E-state index in [0.29, 0.717) is 13.2 Å². The van der Waals surface area contributed by atoms with Crippen LogP contribution < -0.4 is 0 Å². The molecule has 14 heavy (non-hydrogen) atoms. The van der Waals surface area contributed by atoms with Crippen molar-refractivity contribution in [2.75, 3.05) is 6.61 Å². The van der Waals surface area contributed by atoms with Crippen molar-refractivity contribution in [1.82, 2.24) is 9.55 Å². The van der Waals surface area contributed by atoms with Gasteiger partial charge in [0.1, 0.15) is 12.4 Å². The molecule has 1 heterocycles. The Balaban J connectivity index is 2.41. The Morgan fingerprint density at radius 3 is 3.07 bits per heavy atom. The summed E-state index contributed by atoms with van der Waals surface area (Å²) in [6.07, 6.45) is 5.73. The van der Waals surface area contributed by atoms with E-state index in [1.54, 1.807) is 6.20 Å². The smallest absolute Gasteiger partial charge is 0.302 e. The van der Waals surface area contributed by atoms with E-state index in [4.69, 9.17) is 4.74 Å². The van der Waals surface area contributed by atoms with E-state index in [1.807, 2.05) is 10.8 Å². The minimum absolute atomic E-state index is 0.234. The molecule has 0 bridgehead atoms. The van der Waals surface area contributed by atoms with Gasteiger partial charge in [0.05, 0.1) is 6.54 Å². The number of imidazole rings is 1. The van der Waals surface area contributed by atoms with Crippen LogP contribution in [0, 0.1) is 0 Å². The van der Waals surface area contributed by atoms with Crippen LogP contribution in [0.3, 0.4) is 0 Å². The van der Waals surface area contributed by atoms with Gasteiger partial charge in [-0.25, -0.2) is 4.98 Å². The molecule has 1 rings (SSSR count). The quantitative estimate of drug-likeness (QED) is 0.668. The first-order valence-corrected chi connectivity index (χ1v) is 4.87. The first-order valence-electron chi connectivity index (χ1n) is 4.87. The van der Waals surface area contributed by atoms with Crippen molar-refractivity contribution in [1.29, 1.82) is 0 Å². The number of hydrogen-bond acceptors (Lipinski definition) is 3. The Morgan fingerprint density at radius 2 is 2.43 bits per heavy atom. The summed E-state index contributed by atoms with van der Waals surface area (Å²) in [5, 5.41) is 0. The van der Waals surface area contributed by atoms with Crippen LogP contribution in [0.15, 0.2) is 12.4 Å². The topological polar surface area (TPSA) is 44.1 Å².